The molecular formula is C38H43F3N4O2. The first kappa shape index (κ1) is 34.1. The number of rotatable bonds is 13. The number of carbonyl (C=O) groups is 1. The van der Waals surface area contributed by atoms with Crippen molar-refractivity contribution >= 4 is 5.91 Å². The molecule has 3 aromatic carbocycles. The summed E-state index contributed by atoms with van der Waals surface area (Å²) >= 11 is 0. The Morgan fingerprint density at radius 2 is 1.53 bits per heavy atom. The second-order valence-corrected chi connectivity index (χ2v) is 12.3. The molecule has 9 heteroatoms. The predicted octanol–water partition coefficient (Wildman–Crippen LogP) is 7.13. The van der Waals surface area contributed by atoms with Crippen molar-refractivity contribution in [2.75, 3.05) is 26.2 Å². The molecule has 47 heavy (non-hydrogen) atoms. The quantitative estimate of drug-likeness (QED) is 0.155. The van der Waals surface area contributed by atoms with Gasteiger partial charge in [-0.05, 0) is 72.7 Å². The van der Waals surface area contributed by atoms with Crippen LogP contribution in [0.15, 0.2) is 83.7 Å². The zero-order valence-corrected chi connectivity index (χ0v) is 27.4. The molecule has 0 aliphatic heterocycles. The molecule has 4 aromatic rings. The van der Waals surface area contributed by atoms with Gasteiger partial charge in [-0.15, -0.1) is 0 Å². The summed E-state index contributed by atoms with van der Waals surface area (Å²) in [4.78, 5) is 35.9. The number of benzene rings is 3. The molecule has 1 atom stereocenters. The van der Waals surface area contributed by atoms with Crippen molar-refractivity contribution < 1.29 is 18.0 Å². The van der Waals surface area contributed by atoms with Crippen LogP contribution in [0.4, 0.5) is 13.2 Å². The van der Waals surface area contributed by atoms with Crippen molar-refractivity contribution in [1.82, 2.24) is 19.4 Å². The third kappa shape index (κ3) is 8.38. The third-order valence-electron chi connectivity index (χ3n) is 9.27. The second kappa shape index (κ2) is 15.1. The Morgan fingerprint density at radius 1 is 0.894 bits per heavy atom. The third-order valence-corrected chi connectivity index (χ3v) is 9.27. The molecule has 1 unspecified atom stereocenters. The van der Waals surface area contributed by atoms with Gasteiger partial charge in [-0.25, -0.2) is 0 Å². The maximum absolute atomic E-state index is 14.2. The van der Waals surface area contributed by atoms with E-state index in [9.17, 15) is 22.8 Å². The topological polar surface area (TPSA) is 58.4 Å². The Kier molecular flexibility index (Phi) is 11.0. The molecule has 0 radical (unpaired) electrons. The van der Waals surface area contributed by atoms with E-state index in [4.69, 9.17) is 0 Å². The van der Waals surface area contributed by atoms with Crippen LogP contribution in [0.5, 0.6) is 0 Å². The molecule has 0 saturated carbocycles. The van der Waals surface area contributed by atoms with Gasteiger partial charge in [0.25, 0.3) is 5.56 Å². The highest BCUT2D eigenvalue weighted by atomic mass is 19.4. The van der Waals surface area contributed by atoms with E-state index in [0.717, 1.165) is 72.6 Å². The molecule has 248 valence electrons. The number of carbonyl (C=O) groups excluding carboxylic acids is 1. The highest BCUT2D eigenvalue weighted by Crippen LogP contribution is 2.31. The number of aromatic nitrogens is 2. The van der Waals surface area contributed by atoms with Crippen molar-refractivity contribution in [2.45, 2.75) is 71.6 Å². The molecule has 6 nitrogen and oxygen atoms in total. The summed E-state index contributed by atoms with van der Waals surface area (Å²) in [7, 11) is 0. The maximum Gasteiger partial charge on any atom is 0.416 e. The smallest absolute Gasteiger partial charge is 0.336 e. The van der Waals surface area contributed by atoms with Gasteiger partial charge in [-0.1, -0.05) is 87.5 Å². The van der Waals surface area contributed by atoms with Crippen molar-refractivity contribution in [3.63, 3.8) is 0 Å². The minimum atomic E-state index is -4.38. The summed E-state index contributed by atoms with van der Waals surface area (Å²) in [6, 6.07) is 22.9. The molecule has 1 heterocycles. The Morgan fingerprint density at radius 3 is 2.15 bits per heavy atom. The van der Waals surface area contributed by atoms with E-state index in [1.807, 2.05) is 51.9 Å². The van der Waals surface area contributed by atoms with Gasteiger partial charge in [0.05, 0.1) is 5.56 Å². The van der Waals surface area contributed by atoms with E-state index in [2.05, 4.69) is 42.8 Å². The monoisotopic (exact) mass is 644 g/mol. The molecule has 1 aliphatic carbocycles. The average molecular weight is 645 g/mol. The van der Waals surface area contributed by atoms with E-state index in [0.29, 0.717) is 37.3 Å². The highest BCUT2D eigenvalue weighted by Gasteiger charge is 2.30. The van der Waals surface area contributed by atoms with Gasteiger partial charge in [0.1, 0.15) is 12.4 Å². The van der Waals surface area contributed by atoms with E-state index in [1.165, 1.54) is 12.1 Å². The lowest BCUT2D eigenvalue weighted by Crippen LogP contribution is -2.40. The zero-order chi connectivity index (χ0) is 33.6. The minimum Gasteiger partial charge on any atom is -0.336 e. The van der Waals surface area contributed by atoms with E-state index in [1.54, 1.807) is 0 Å². The number of nitrogens with zero attached hydrogens (tertiary/aromatic N) is 4. The Balaban J connectivity index is 1.39. The Hall–Kier alpha value is -4.24. The highest BCUT2D eigenvalue weighted by molar-refractivity contribution is 5.76. The molecule has 1 aromatic heterocycles. The first-order chi connectivity index (χ1) is 22.6. The maximum atomic E-state index is 14.2. The van der Waals surface area contributed by atoms with Crippen LogP contribution in [-0.4, -0.2) is 51.4 Å². The normalized spacial score (nSPS) is 13.5. The van der Waals surface area contributed by atoms with Gasteiger partial charge < -0.3 is 14.4 Å². The fourth-order valence-electron chi connectivity index (χ4n) is 6.38. The summed E-state index contributed by atoms with van der Waals surface area (Å²) in [5, 5.41) is 0. The average Bonchev–Trinajstić information content (AvgIpc) is 3.58. The van der Waals surface area contributed by atoms with Gasteiger partial charge in [0.2, 0.25) is 5.91 Å². The number of fused-ring (bicyclic) bond motifs is 1. The van der Waals surface area contributed by atoms with Crippen LogP contribution >= 0.6 is 0 Å². The van der Waals surface area contributed by atoms with Crippen LogP contribution in [0, 0.1) is 0 Å². The van der Waals surface area contributed by atoms with E-state index >= 15 is 0 Å². The van der Waals surface area contributed by atoms with Crippen molar-refractivity contribution in [1.29, 1.82) is 0 Å². The largest absolute Gasteiger partial charge is 0.416 e. The van der Waals surface area contributed by atoms with Crippen molar-refractivity contribution in [2.24, 2.45) is 0 Å². The first-order valence-electron chi connectivity index (χ1n) is 16.5. The Labute approximate surface area is 274 Å². The molecule has 1 aliphatic rings. The molecule has 0 saturated heterocycles. The lowest BCUT2D eigenvalue weighted by Gasteiger charge is -2.28. The van der Waals surface area contributed by atoms with Crippen LogP contribution in [0.3, 0.4) is 0 Å². The summed E-state index contributed by atoms with van der Waals surface area (Å²) in [5.74, 6) is 0.716. The standard InChI is InChI=1S/C38H43F3N4O2/c1-4-43(5-2)22-23-44(25-28-14-16-30(17-15-28)31-18-20-32(21-19-31)38(39,40)41)36(46)26-45-34-13-9-12-33(34)37(47)42-35(45)24-27(3)29-10-7-6-8-11-29/h6-8,10-11,14-21,27H,4-5,9,12-13,22-26H2,1-3H3. The number of hydrogen-bond donors (Lipinski definition) is 0. The zero-order valence-electron chi connectivity index (χ0n) is 27.4. The summed E-state index contributed by atoms with van der Waals surface area (Å²) in [6.07, 6.45) is -1.53. The number of halogens is 3. The van der Waals surface area contributed by atoms with E-state index in [-0.39, 0.29) is 23.9 Å². The number of hydrogen-bond acceptors (Lipinski definition) is 4. The lowest BCUT2D eigenvalue weighted by atomic mass is 9.97. The van der Waals surface area contributed by atoms with Crippen LogP contribution in [0.25, 0.3) is 11.1 Å². The van der Waals surface area contributed by atoms with Crippen molar-refractivity contribution in [3.8, 4) is 11.1 Å². The number of alkyl halides is 3. The minimum absolute atomic E-state index is 0.0443. The van der Waals surface area contributed by atoms with Crippen LogP contribution in [-0.2, 0) is 43.3 Å². The van der Waals surface area contributed by atoms with Crippen molar-refractivity contribution in [3.05, 3.63) is 123 Å². The number of amides is 1. The fraction of sp³-hybridized carbons (Fsp3) is 0.395. The van der Waals surface area contributed by atoms with Gasteiger partial charge in [-0.2, -0.15) is 18.2 Å². The molecular weight excluding hydrogens is 601 g/mol. The first-order valence-corrected chi connectivity index (χ1v) is 16.5. The molecule has 1 amide bonds. The molecule has 5 rings (SSSR count). The Bertz CT molecular complexity index is 1700. The SMILES string of the molecule is CCN(CC)CCN(Cc1ccc(-c2ccc(C(F)(F)F)cc2)cc1)C(=O)Cn1c(CC(C)c2ccccc2)nc(=O)c2c1CCC2. The summed E-state index contributed by atoms with van der Waals surface area (Å²) in [5.41, 5.74) is 4.37. The lowest BCUT2D eigenvalue weighted by molar-refractivity contribution is -0.137. The summed E-state index contributed by atoms with van der Waals surface area (Å²) < 4.78 is 41.1. The van der Waals surface area contributed by atoms with Gasteiger partial charge >= 0.3 is 6.18 Å². The van der Waals surface area contributed by atoms with Gasteiger partial charge in [0, 0.05) is 37.3 Å². The molecule has 0 fully saturated rings. The molecule has 0 N–H and O–H groups in total. The second-order valence-electron chi connectivity index (χ2n) is 12.3. The predicted molar refractivity (Wildman–Crippen MR) is 179 cm³/mol. The molecule has 0 bridgehead atoms. The summed E-state index contributed by atoms with van der Waals surface area (Å²) in [6.45, 7) is 9.82. The van der Waals surface area contributed by atoms with Gasteiger partial charge in [-0.3, -0.25) is 9.59 Å². The van der Waals surface area contributed by atoms with Crippen LogP contribution in [0.1, 0.15) is 66.9 Å². The van der Waals surface area contributed by atoms with Crippen LogP contribution < -0.4 is 5.56 Å². The van der Waals surface area contributed by atoms with Crippen LogP contribution in [0.2, 0.25) is 0 Å². The molecule has 0 spiro atoms. The van der Waals surface area contributed by atoms with E-state index < -0.39 is 11.7 Å². The fourth-order valence-corrected chi connectivity index (χ4v) is 6.38. The number of likely N-dealkylation sites (N-methyl/N-ethyl adjacent to an activating group) is 1. The van der Waals surface area contributed by atoms with Gasteiger partial charge in [0.15, 0.2) is 0 Å².